The lowest BCUT2D eigenvalue weighted by atomic mass is 10.2. The molecule has 0 spiro atoms. The van der Waals surface area contributed by atoms with Gasteiger partial charge in [0.05, 0.1) is 25.5 Å². The predicted molar refractivity (Wildman–Crippen MR) is 93.4 cm³/mol. The second-order valence-electron chi connectivity index (χ2n) is 5.42. The number of nitrogens with zero attached hydrogens (tertiary/aromatic N) is 2. The third-order valence-corrected chi connectivity index (χ3v) is 5.07. The lowest BCUT2D eigenvalue weighted by molar-refractivity contribution is 0.386. The first-order valence-electron chi connectivity index (χ1n) is 7.36. The standard InChI is InChI=1S/C18H13FN2O2S/c1-23-14-7-6-11(8-13(14)19)9-21-10-20-16-12-4-2-3-5-15(12)24-17(16)18(21)22/h2-8,10H,9H2,1H3. The highest BCUT2D eigenvalue weighted by atomic mass is 32.1. The highest BCUT2D eigenvalue weighted by Crippen LogP contribution is 2.29. The van der Waals surface area contributed by atoms with Crippen LogP contribution in [-0.2, 0) is 6.54 Å². The van der Waals surface area contributed by atoms with Crippen molar-refractivity contribution in [3.05, 3.63) is 70.5 Å². The van der Waals surface area contributed by atoms with Crippen LogP contribution < -0.4 is 10.3 Å². The minimum atomic E-state index is -0.445. The molecule has 0 fully saturated rings. The molecule has 0 amide bonds. The molecular weight excluding hydrogens is 327 g/mol. The molecule has 6 heteroatoms. The SMILES string of the molecule is COc1ccc(Cn2cnc3c(sc4ccccc43)c2=O)cc1F. The molecule has 4 nitrogen and oxygen atoms in total. The van der Waals surface area contributed by atoms with Crippen LogP contribution in [0.15, 0.2) is 53.6 Å². The van der Waals surface area contributed by atoms with Crippen molar-refractivity contribution in [3.8, 4) is 5.75 Å². The summed E-state index contributed by atoms with van der Waals surface area (Å²) in [5.74, 6) is -0.261. The second-order valence-corrected chi connectivity index (χ2v) is 6.47. The van der Waals surface area contributed by atoms with Crippen LogP contribution in [0.25, 0.3) is 20.3 Å². The van der Waals surface area contributed by atoms with Gasteiger partial charge >= 0.3 is 0 Å². The number of benzene rings is 2. The van der Waals surface area contributed by atoms with Crippen molar-refractivity contribution in [2.24, 2.45) is 0 Å². The minimum Gasteiger partial charge on any atom is -0.494 e. The molecule has 0 radical (unpaired) electrons. The maximum atomic E-state index is 13.8. The smallest absolute Gasteiger partial charge is 0.271 e. The van der Waals surface area contributed by atoms with Crippen LogP contribution in [0.1, 0.15) is 5.56 Å². The fourth-order valence-electron chi connectivity index (χ4n) is 2.73. The first kappa shape index (κ1) is 14.8. The summed E-state index contributed by atoms with van der Waals surface area (Å²) in [4.78, 5) is 17.2. The highest BCUT2D eigenvalue weighted by Gasteiger charge is 2.12. The predicted octanol–water partition coefficient (Wildman–Crippen LogP) is 3.81. The van der Waals surface area contributed by atoms with E-state index in [1.165, 1.54) is 35.4 Å². The first-order valence-corrected chi connectivity index (χ1v) is 8.18. The average molecular weight is 340 g/mol. The van der Waals surface area contributed by atoms with Crippen molar-refractivity contribution < 1.29 is 9.13 Å². The summed E-state index contributed by atoms with van der Waals surface area (Å²) in [7, 11) is 1.42. The van der Waals surface area contributed by atoms with E-state index >= 15 is 0 Å². The number of rotatable bonds is 3. The zero-order valence-corrected chi connectivity index (χ0v) is 13.6. The van der Waals surface area contributed by atoms with Gasteiger partial charge in [0.1, 0.15) is 4.70 Å². The molecule has 2 heterocycles. The molecule has 0 N–H and O–H groups in total. The van der Waals surface area contributed by atoms with Crippen molar-refractivity contribution in [2.45, 2.75) is 6.54 Å². The number of fused-ring (bicyclic) bond motifs is 3. The van der Waals surface area contributed by atoms with Gasteiger partial charge in [0.25, 0.3) is 5.56 Å². The Kier molecular flexibility index (Phi) is 3.54. The van der Waals surface area contributed by atoms with E-state index < -0.39 is 5.82 Å². The molecule has 0 unspecified atom stereocenters. The molecule has 4 aromatic rings. The van der Waals surface area contributed by atoms with Gasteiger partial charge in [-0.25, -0.2) is 9.37 Å². The minimum absolute atomic E-state index is 0.113. The van der Waals surface area contributed by atoms with E-state index in [4.69, 9.17) is 4.74 Å². The van der Waals surface area contributed by atoms with Gasteiger partial charge in [-0.1, -0.05) is 24.3 Å². The Morgan fingerprint density at radius 3 is 2.88 bits per heavy atom. The number of aromatic nitrogens is 2. The molecule has 120 valence electrons. The number of thiophene rings is 1. The Morgan fingerprint density at radius 2 is 2.08 bits per heavy atom. The summed E-state index contributed by atoms with van der Waals surface area (Å²) in [6.07, 6.45) is 1.52. The van der Waals surface area contributed by atoms with E-state index in [-0.39, 0.29) is 17.9 Å². The molecule has 2 aromatic carbocycles. The van der Waals surface area contributed by atoms with Crippen molar-refractivity contribution in [2.75, 3.05) is 7.11 Å². The summed E-state index contributed by atoms with van der Waals surface area (Å²) in [5, 5.41) is 0.984. The lowest BCUT2D eigenvalue weighted by Crippen LogP contribution is -2.20. The molecule has 24 heavy (non-hydrogen) atoms. The maximum Gasteiger partial charge on any atom is 0.271 e. The number of hydrogen-bond acceptors (Lipinski definition) is 4. The molecular formula is C18H13FN2O2S. The molecule has 0 saturated carbocycles. The third kappa shape index (κ3) is 2.35. The Balaban J connectivity index is 1.80. The van der Waals surface area contributed by atoms with Crippen molar-refractivity contribution >= 4 is 31.6 Å². The van der Waals surface area contributed by atoms with Crippen molar-refractivity contribution in [1.29, 1.82) is 0 Å². The van der Waals surface area contributed by atoms with Crippen LogP contribution in [0.4, 0.5) is 4.39 Å². The fraction of sp³-hybridized carbons (Fsp3) is 0.111. The summed E-state index contributed by atoms with van der Waals surface area (Å²) < 4.78 is 21.9. The lowest BCUT2D eigenvalue weighted by Gasteiger charge is -2.07. The number of methoxy groups -OCH3 is 1. The zero-order valence-electron chi connectivity index (χ0n) is 12.8. The Labute approximate surface area is 140 Å². The van der Waals surface area contributed by atoms with Crippen molar-refractivity contribution in [3.63, 3.8) is 0 Å². The van der Waals surface area contributed by atoms with Gasteiger partial charge in [0.15, 0.2) is 11.6 Å². The summed E-state index contributed by atoms with van der Waals surface area (Å²) in [6.45, 7) is 0.261. The Bertz CT molecular complexity index is 1120. The van der Waals surface area contributed by atoms with Crippen molar-refractivity contribution in [1.82, 2.24) is 9.55 Å². The van der Waals surface area contributed by atoms with Gasteiger partial charge < -0.3 is 4.74 Å². The molecule has 0 aliphatic carbocycles. The highest BCUT2D eigenvalue weighted by molar-refractivity contribution is 7.25. The zero-order chi connectivity index (χ0) is 16.7. The number of ether oxygens (including phenoxy) is 1. The van der Waals surface area contributed by atoms with E-state index in [2.05, 4.69) is 4.98 Å². The molecule has 0 aliphatic rings. The third-order valence-electron chi connectivity index (χ3n) is 3.92. The van der Waals surface area contributed by atoms with E-state index in [9.17, 15) is 9.18 Å². The quantitative estimate of drug-likeness (QED) is 0.570. The number of hydrogen-bond donors (Lipinski definition) is 0. The monoisotopic (exact) mass is 340 g/mol. The van der Waals surface area contributed by atoms with Crippen LogP contribution in [0.5, 0.6) is 5.75 Å². The van der Waals surface area contributed by atoms with E-state index in [1.54, 1.807) is 12.1 Å². The van der Waals surface area contributed by atoms with Crippen LogP contribution >= 0.6 is 11.3 Å². The summed E-state index contributed by atoms with van der Waals surface area (Å²) >= 11 is 1.43. The average Bonchev–Trinajstić information content (AvgIpc) is 2.97. The van der Waals surface area contributed by atoms with Gasteiger partial charge in [0.2, 0.25) is 0 Å². The molecule has 0 saturated heterocycles. The number of halogens is 1. The molecule has 0 aliphatic heterocycles. The van der Waals surface area contributed by atoms with E-state index in [1.807, 2.05) is 24.3 Å². The Morgan fingerprint density at radius 1 is 1.25 bits per heavy atom. The normalized spacial score (nSPS) is 11.2. The van der Waals surface area contributed by atoms with Gasteiger partial charge in [-0.2, -0.15) is 0 Å². The van der Waals surface area contributed by atoms with Gasteiger partial charge in [0, 0.05) is 10.1 Å². The van der Waals surface area contributed by atoms with Gasteiger partial charge in [-0.3, -0.25) is 9.36 Å². The topological polar surface area (TPSA) is 44.1 Å². The molecule has 0 bridgehead atoms. The molecule has 2 aromatic heterocycles. The first-order chi connectivity index (χ1) is 11.7. The van der Waals surface area contributed by atoms with Gasteiger partial charge in [-0.15, -0.1) is 11.3 Å². The molecule has 0 atom stereocenters. The van der Waals surface area contributed by atoms with Crippen LogP contribution in [-0.4, -0.2) is 16.7 Å². The fourth-order valence-corrected chi connectivity index (χ4v) is 3.84. The van der Waals surface area contributed by atoms with Gasteiger partial charge in [-0.05, 0) is 23.8 Å². The Hall–Kier alpha value is -2.73. The summed E-state index contributed by atoms with van der Waals surface area (Å²) in [6, 6.07) is 12.5. The van der Waals surface area contributed by atoms with Crippen LogP contribution in [0.2, 0.25) is 0 Å². The van der Waals surface area contributed by atoms with E-state index in [0.29, 0.717) is 10.3 Å². The largest absolute Gasteiger partial charge is 0.494 e. The molecule has 4 rings (SSSR count). The maximum absolute atomic E-state index is 13.8. The summed E-state index contributed by atoms with van der Waals surface area (Å²) in [5.41, 5.74) is 1.29. The van der Waals surface area contributed by atoms with E-state index in [0.717, 1.165) is 15.6 Å². The van der Waals surface area contributed by atoms with Crippen LogP contribution in [0.3, 0.4) is 0 Å². The second kappa shape index (κ2) is 5.72. The van der Waals surface area contributed by atoms with Crippen LogP contribution in [0, 0.1) is 5.82 Å².